The van der Waals surface area contributed by atoms with Gasteiger partial charge in [-0.15, -0.1) is 0 Å². The Balaban J connectivity index is 1.28. The monoisotopic (exact) mass is 471 g/mol. The van der Waals surface area contributed by atoms with Crippen LogP contribution in [0, 0.1) is 11.3 Å². The van der Waals surface area contributed by atoms with Crippen molar-refractivity contribution >= 4 is 28.8 Å². The number of carbonyl (C=O) groups is 1. The Bertz CT molecular complexity index is 1400. The normalized spacial score (nSPS) is 15.1. The fourth-order valence-electron chi connectivity index (χ4n) is 4.33. The molecule has 34 heavy (non-hydrogen) atoms. The molecule has 5 rings (SSSR count). The summed E-state index contributed by atoms with van der Waals surface area (Å²) in [6, 6.07) is 13.5. The summed E-state index contributed by atoms with van der Waals surface area (Å²) in [5, 5.41) is 17.1. The number of aromatic nitrogens is 4. The molecule has 1 amide bonds. The van der Waals surface area contributed by atoms with E-state index < -0.39 is 0 Å². The van der Waals surface area contributed by atoms with Gasteiger partial charge in [0.15, 0.2) is 0 Å². The van der Waals surface area contributed by atoms with Crippen LogP contribution in [0.1, 0.15) is 35.8 Å². The van der Waals surface area contributed by atoms with Crippen LogP contribution in [-0.4, -0.2) is 44.1 Å². The third-order valence-corrected chi connectivity index (χ3v) is 6.60. The predicted molar refractivity (Wildman–Crippen MR) is 130 cm³/mol. The first-order valence-corrected chi connectivity index (χ1v) is 11.4. The summed E-state index contributed by atoms with van der Waals surface area (Å²) < 4.78 is 1.71. The Hall–Kier alpha value is -3.96. The number of fused-ring (bicyclic) bond motifs is 1. The van der Waals surface area contributed by atoms with Gasteiger partial charge in [0.1, 0.15) is 17.6 Å². The van der Waals surface area contributed by atoms with Crippen LogP contribution >= 0.6 is 11.6 Å². The molecule has 0 aromatic carbocycles. The minimum Gasteiger partial charge on any atom is -0.356 e. The molecule has 0 atom stereocenters. The van der Waals surface area contributed by atoms with E-state index in [1.165, 1.54) is 0 Å². The molecular weight excluding hydrogens is 450 g/mol. The largest absolute Gasteiger partial charge is 0.356 e. The zero-order valence-electron chi connectivity index (χ0n) is 18.6. The van der Waals surface area contributed by atoms with Crippen molar-refractivity contribution < 1.29 is 4.79 Å². The van der Waals surface area contributed by atoms with Gasteiger partial charge in [0.05, 0.1) is 22.3 Å². The molecule has 0 spiro atoms. The first-order valence-electron chi connectivity index (χ1n) is 11.0. The van der Waals surface area contributed by atoms with Gasteiger partial charge in [0.2, 0.25) is 0 Å². The van der Waals surface area contributed by atoms with E-state index in [4.69, 9.17) is 16.6 Å². The lowest BCUT2D eigenvalue weighted by molar-refractivity contribution is 0.0886. The van der Waals surface area contributed by atoms with E-state index in [1.807, 2.05) is 36.7 Å². The summed E-state index contributed by atoms with van der Waals surface area (Å²) in [5.74, 6) is 0.626. The Labute approximate surface area is 201 Å². The summed E-state index contributed by atoms with van der Waals surface area (Å²) in [4.78, 5) is 23.7. The maximum absolute atomic E-state index is 12.7. The number of nitrogens with zero attached hydrogens (tertiary/aromatic N) is 6. The van der Waals surface area contributed by atoms with Crippen molar-refractivity contribution in [2.24, 2.45) is 0 Å². The lowest BCUT2D eigenvalue weighted by Gasteiger charge is -2.40. The molecule has 4 aromatic rings. The fraction of sp³-hybridized carbons (Fsp3) is 0.240. The minimum absolute atomic E-state index is 0.248. The highest BCUT2D eigenvalue weighted by Crippen LogP contribution is 2.30. The number of anilines is 1. The van der Waals surface area contributed by atoms with Crippen molar-refractivity contribution in [2.45, 2.75) is 25.3 Å². The van der Waals surface area contributed by atoms with Gasteiger partial charge in [-0.05, 0) is 50.1 Å². The highest BCUT2D eigenvalue weighted by molar-refractivity contribution is 6.33. The van der Waals surface area contributed by atoms with E-state index in [9.17, 15) is 10.1 Å². The molecule has 9 heteroatoms. The van der Waals surface area contributed by atoms with Gasteiger partial charge in [0.25, 0.3) is 5.91 Å². The van der Waals surface area contributed by atoms with Crippen LogP contribution in [0.4, 0.5) is 5.82 Å². The summed E-state index contributed by atoms with van der Waals surface area (Å²) in [6.07, 6.45) is 8.34. The molecule has 1 aliphatic rings. The second-order valence-corrected chi connectivity index (χ2v) is 9.03. The zero-order valence-corrected chi connectivity index (χ0v) is 19.3. The van der Waals surface area contributed by atoms with Crippen molar-refractivity contribution in [1.29, 1.82) is 5.26 Å². The van der Waals surface area contributed by atoms with E-state index in [-0.39, 0.29) is 17.1 Å². The summed E-state index contributed by atoms with van der Waals surface area (Å²) in [5.41, 5.74) is 3.05. The van der Waals surface area contributed by atoms with E-state index in [0.29, 0.717) is 10.6 Å². The first kappa shape index (κ1) is 21.9. The molecular formula is C25H22ClN7O. The molecule has 1 saturated heterocycles. The number of hydrogen-bond donors (Lipinski definition) is 1. The average molecular weight is 472 g/mol. The van der Waals surface area contributed by atoms with Crippen molar-refractivity contribution in [3.63, 3.8) is 0 Å². The third kappa shape index (κ3) is 4.06. The molecule has 0 radical (unpaired) electrons. The first-order chi connectivity index (χ1) is 16.5. The number of hydrogen-bond acceptors (Lipinski definition) is 6. The van der Waals surface area contributed by atoms with E-state index in [0.717, 1.165) is 48.4 Å². The van der Waals surface area contributed by atoms with Crippen molar-refractivity contribution in [1.82, 2.24) is 24.9 Å². The van der Waals surface area contributed by atoms with E-state index in [2.05, 4.69) is 33.3 Å². The third-order valence-electron chi connectivity index (χ3n) is 6.30. The number of halogens is 1. The maximum atomic E-state index is 12.7. The Morgan fingerprint density at radius 2 is 1.97 bits per heavy atom. The molecule has 0 aliphatic carbocycles. The summed E-state index contributed by atoms with van der Waals surface area (Å²) in [7, 11) is 0. The smallest absolute Gasteiger partial charge is 0.271 e. The molecule has 1 fully saturated rings. The molecule has 0 saturated carbocycles. The molecule has 1 aliphatic heterocycles. The van der Waals surface area contributed by atoms with Crippen LogP contribution in [0.3, 0.4) is 0 Å². The highest BCUT2D eigenvalue weighted by atomic mass is 35.5. The van der Waals surface area contributed by atoms with E-state index in [1.54, 1.807) is 29.0 Å². The SMILES string of the molecule is CC1(NC(=O)c2ncccc2Cl)CCN(c2ccc(-c3cccn4ncc(C#N)c34)cn2)CC1. The van der Waals surface area contributed by atoms with Crippen LogP contribution in [0.25, 0.3) is 16.6 Å². The Kier molecular flexibility index (Phi) is 5.64. The van der Waals surface area contributed by atoms with E-state index >= 15 is 0 Å². The lowest BCUT2D eigenvalue weighted by atomic mass is 9.89. The lowest BCUT2D eigenvalue weighted by Crippen LogP contribution is -2.53. The topological polar surface area (TPSA) is 99.2 Å². The van der Waals surface area contributed by atoms with Gasteiger partial charge >= 0.3 is 0 Å². The Morgan fingerprint density at radius 3 is 2.68 bits per heavy atom. The molecule has 0 bridgehead atoms. The number of rotatable bonds is 4. The van der Waals surface area contributed by atoms with Crippen LogP contribution in [-0.2, 0) is 0 Å². The van der Waals surface area contributed by atoms with Gasteiger partial charge in [0, 0.05) is 48.3 Å². The number of nitriles is 1. The van der Waals surface area contributed by atoms with Gasteiger partial charge in [-0.3, -0.25) is 4.79 Å². The zero-order chi connectivity index (χ0) is 23.7. The highest BCUT2D eigenvalue weighted by Gasteiger charge is 2.33. The Morgan fingerprint density at radius 1 is 1.15 bits per heavy atom. The molecule has 170 valence electrons. The molecule has 4 aromatic heterocycles. The van der Waals surface area contributed by atoms with Gasteiger partial charge in [-0.2, -0.15) is 10.4 Å². The van der Waals surface area contributed by atoms with Crippen LogP contribution in [0.2, 0.25) is 5.02 Å². The summed E-state index contributed by atoms with van der Waals surface area (Å²) in [6.45, 7) is 3.57. The van der Waals surface area contributed by atoms with Crippen LogP contribution in [0.5, 0.6) is 0 Å². The fourth-order valence-corrected chi connectivity index (χ4v) is 4.54. The second-order valence-electron chi connectivity index (χ2n) is 8.63. The average Bonchev–Trinajstić information content (AvgIpc) is 3.28. The van der Waals surface area contributed by atoms with Gasteiger partial charge in [-0.1, -0.05) is 17.7 Å². The standard InChI is InChI=1S/C25H22ClN7O/c1-25(31-24(34)22-20(26)5-2-10-28-22)8-12-32(13-9-25)21-7-6-17(15-29-21)19-4-3-11-33-23(19)18(14-27)16-30-33/h2-7,10-11,15-16H,8-9,12-13H2,1H3,(H,31,34). The van der Waals surface area contributed by atoms with Gasteiger partial charge in [-0.25, -0.2) is 14.5 Å². The maximum Gasteiger partial charge on any atom is 0.271 e. The molecule has 0 unspecified atom stereocenters. The number of nitrogens with one attached hydrogen (secondary N) is 1. The number of piperidine rings is 1. The van der Waals surface area contributed by atoms with Crippen molar-refractivity contribution in [3.8, 4) is 17.2 Å². The number of amides is 1. The molecule has 5 heterocycles. The number of pyridine rings is 3. The van der Waals surface area contributed by atoms with Gasteiger partial charge < -0.3 is 10.2 Å². The predicted octanol–water partition coefficient (Wildman–Crippen LogP) is 4.11. The van der Waals surface area contributed by atoms with Crippen molar-refractivity contribution in [2.75, 3.05) is 18.0 Å². The molecule has 8 nitrogen and oxygen atoms in total. The minimum atomic E-state index is -0.347. The van der Waals surface area contributed by atoms with Crippen molar-refractivity contribution in [3.05, 3.63) is 77.5 Å². The van der Waals surface area contributed by atoms with Crippen LogP contribution < -0.4 is 10.2 Å². The second kappa shape index (κ2) is 8.76. The molecule has 1 N–H and O–H groups in total. The van der Waals surface area contributed by atoms with Crippen LogP contribution in [0.15, 0.2) is 61.2 Å². The number of carbonyl (C=O) groups excluding carboxylic acids is 1. The quantitative estimate of drug-likeness (QED) is 0.481. The summed E-state index contributed by atoms with van der Waals surface area (Å²) >= 11 is 6.12.